The number of carbonyl (C=O) groups is 1. The molecule has 0 spiro atoms. The molecule has 0 fully saturated rings. The Morgan fingerprint density at radius 2 is 1.90 bits per heavy atom. The third kappa shape index (κ3) is 5.31. The van der Waals surface area contributed by atoms with Crippen molar-refractivity contribution < 1.29 is 22.7 Å². The third-order valence-corrected chi connectivity index (χ3v) is 6.13. The molecule has 2 aromatic rings. The fourth-order valence-electron chi connectivity index (χ4n) is 3.31. The predicted molar refractivity (Wildman–Crippen MR) is 117 cm³/mol. The molecule has 0 saturated carbocycles. The second-order valence-corrected chi connectivity index (χ2v) is 9.39. The molecule has 1 N–H and O–H groups in total. The van der Waals surface area contributed by atoms with Gasteiger partial charge in [-0.25, -0.2) is 8.42 Å². The molecule has 1 aliphatic heterocycles. The Kier molecular flexibility index (Phi) is 6.99. The smallest absolute Gasteiger partial charge is 0.261 e. The summed E-state index contributed by atoms with van der Waals surface area (Å²) in [7, 11) is -2.24. The summed E-state index contributed by atoms with van der Waals surface area (Å²) < 4.78 is 38.7. The van der Waals surface area contributed by atoms with E-state index in [2.05, 4.69) is 4.72 Å². The SMILES string of the molecule is COCC(=O)N1CCCc2cc(NS(=O)(=O)c3ccc(OCC(C)C)cc3)ccc21. The highest BCUT2D eigenvalue weighted by atomic mass is 32.2. The quantitative estimate of drug-likeness (QED) is 0.691. The number of carbonyl (C=O) groups excluding carboxylic acids is 1. The van der Waals surface area contributed by atoms with Crippen molar-refractivity contribution in [1.82, 2.24) is 0 Å². The van der Waals surface area contributed by atoms with E-state index in [1.54, 1.807) is 35.2 Å². The van der Waals surface area contributed by atoms with Crippen molar-refractivity contribution in [2.24, 2.45) is 5.92 Å². The number of hydrogen-bond donors (Lipinski definition) is 1. The number of aryl methyl sites for hydroxylation is 1. The highest BCUT2D eigenvalue weighted by Crippen LogP contribution is 2.31. The standard InChI is InChI=1S/C22H28N2O5S/c1-16(2)14-29-19-7-9-20(10-8-19)30(26,27)23-18-6-11-21-17(13-18)5-4-12-24(21)22(25)15-28-3/h6-11,13,16,23H,4-5,12,14-15H2,1-3H3. The van der Waals surface area contributed by atoms with Gasteiger partial charge in [-0.05, 0) is 66.8 Å². The molecule has 1 heterocycles. The summed E-state index contributed by atoms with van der Waals surface area (Å²) in [6, 6.07) is 11.6. The van der Waals surface area contributed by atoms with Crippen molar-refractivity contribution in [3.63, 3.8) is 0 Å². The molecule has 7 nitrogen and oxygen atoms in total. The van der Waals surface area contributed by atoms with Crippen LogP contribution in [0.4, 0.5) is 11.4 Å². The number of sulfonamides is 1. The van der Waals surface area contributed by atoms with E-state index in [0.29, 0.717) is 30.5 Å². The van der Waals surface area contributed by atoms with Crippen LogP contribution in [0.2, 0.25) is 0 Å². The third-order valence-electron chi connectivity index (χ3n) is 4.74. The monoisotopic (exact) mass is 432 g/mol. The van der Waals surface area contributed by atoms with Gasteiger partial charge in [0.2, 0.25) is 0 Å². The first-order valence-electron chi connectivity index (χ1n) is 9.98. The minimum Gasteiger partial charge on any atom is -0.493 e. The fraction of sp³-hybridized carbons (Fsp3) is 0.409. The molecule has 8 heteroatoms. The minimum absolute atomic E-state index is 0.0186. The first kappa shape index (κ1) is 22.1. The van der Waals surface area contributed by atoms with Gasteiger partial charge >= 0.3 is 0 Å². The number of benzene rings is 2. The largest absolute Gasteiger partial charge is 0.493 e. The lowest BCUT2D eigenvalue weighted by atomic mass is 10.0. The number of fused-ring (bicyclic) bond motifs is 1. The van der Waals surface area contributed by atoms with Crippen LogP contribution in [0.1, 0.15) is 25.8 Å². The van der Waals surface area contributed by atoms with Crippen molar-refractivity contribution in [2.45, 2.75) is 31.6 Å². The lowest BCUT2D eigenvalue weighted by Crippen LogP contribution is -2.37. The molecule has 162 valence electrons. The van der Waals surface area contributed by atoms with Crippen LogP contribution in [0, 0.1) is 5.92 Å². The average molecular weight is 433 g/mol. The summed E-state index contributed by atoms with van der Waals surface area (Å²) in [5.74, 6) is 0.920. The van der Waals surface area contributed by atoms with E-state index in [0.717, 1.165) is 24.1 Å². The van der Waals surface area contributed by atoms with E-state index < -0.39 is 10.0 Å². The Labute approximate surface area is 178 Å². The molecule has 0 aliphatic carbocycles. The maximum atomic E-state index is 12.8. The van der Waals surface area contributed by atoms with E-state index >= 15 is 0 Å². The van der Waals surface area contributed by atoms with Crippen LogP contribution in [0.25, 0.3) is 0 Å². The number of methoxy groups -OCH3 is 1. The number of anilines is 2. The zero-order valence-corrected chi connectivity index (χ0v) is 18.4. The summed E-state index contributed by atoms with van der Waals surface area (Å²) in [6.45, 7) is 5.32. The van der Waals surface area contributed by atoms with Gasteiger partial charge in [0, 0.05) is 25.0 Å². The molecule has 0 radical (unpaired) electrons. The Hall–Kier alpha value is -2.58. The lowest BCUT2D eigenvalue weighted by Gasteiger charge is -2.29. The van der Waals surface area contributed by atoms with Gasteiger partial charge in [0.05, 0.1) is 11.5 Å². The Balaban J connectivity index is 1.75. The summed E-state index contributed by atoms with van der Waals surface area (Å²) in [5.41, 5.74) is 2.20. The Bertz CT molecular complexity index is 987. The highest BCUT2D eigenvalue weighted by molar-refractivity contribution is 7.92. The van der Waals surface area contributed by atoms with Gasteiger partial charge in [-0.15, -0.1) is 0 Å². The van der Waals surface area contributed by atoms with Crippen LogP contribution in [-0.2, 0) is 26.0 Å². The van der Waals surface area contributed by atoms with E-state index in [-0.39, 0.29) is 17.4 Å². The molecule has 0 atom stereocenters. The van der Waals surface area contributed by atoms with Gasteiger partial charge in [0.15, 0.2) is 0 Å². The van der Waals surface area contributed by atoms with Crippen LogP contribution < -0.4 is 14.4 Å². The number of nitrogens with one attached hydrogen (secondary N) is 1. The van der Waals surface area contributed by atoms with Crippen LogP contribution in [0.15, 0.2) is 47.4 Å². The fourth-order valence-corrected chi connectivity index (χ4v) is 4.36. The molecule has 0 unspecified atom stereocenters. The van der Waals surface area contributed by atoms with Crippen LogP contribution >= 0.6 is 0 Å². The van der Waals surface area contributed by atoms with Gasteiger partial charge in [0.1, 0.15) is 12.4 Å². The van der Waals surface area contributed by atoms with Gasteiger partial charge < -0.3 is 14.4 Å². The summed E-state index contributed by atoms with van der Waals surface area (Å²) in [5, 5.41) is 0. The number of hydrogen-bond acceptors (Lipinski definition) is 5. The topological polar surface area (TPSA) is 84.9 Å². The second-order valence-electron chi connectivity index (χ2n) is 7.71. The number of rotatable bonds is 8. The maximum absolute atomic E-state index is 12.8. The summed E-state index contributed by atoms with van der Waals surface area (Å²) in [6.07, 6.45) is 1.60. The number of nitrogens with zero attached hydrogens (tertiary/aromatic N) is 1. The zero-order chi connectivity index (χ0) is 21.7. The van der Waals surface area contributed by atoms with Crippen molar-refractivity contribution >= 4 is 27.3 Å². The summed E-state index contributed by atoms with van der Waals surface area (Å²) >= 11 is 0. The minimum atomic E-state index is -3.73. The Morgan fingerprint density at radius 1 is 1.17 bits per heavy atom. The van der Waals surface area contributed by atoms with Crippen LogP contribution in [0.3, 0.4) is 0 Å². The molecule has 0 aromatic heterocycles. The molecular formula is C22H28N2O5S. The van der Waals surface area contributed by atoms with Crippen molar-refractivity contribution in [1.29, 1.82) is 0 Å². The number of amides is 1. The molecule has 0 bridgehead atoms. The average Bonchev–Trinajstić information content (AvgIpc) is 2.72. The van der Waals surface area contributed by atoms with E-state index in [4.69, 9.17) is 9.47 Å². The van der Waals surface area contributed by atoms with Crippen molar-refractivity contribution in [2.75, 3.05) is 36.5 Å². The predicted octanol–water partition coefficient (Wildman–Crippen LogP) is 3.45. The van der Waals surface area contributed by atoms with Crippen LogP contribution in [-0.4, -0.2) is 41.2 Å². The van der Waals surface area contributed by atoms with E-state index in [1.165, 1.54) is 19.2 Å². The maximum Gasteiger partial charge on any atom is 0.261 e. The first-order valence-corrected chi connectivity index (χ1v) is 11.5. The number of ether oxygens (including phenoxy) is 2. The van der Waals surface area contributed by atoms with E-state index in [1.807, 2.05) is 13.8 Å². The second kappa shape index (κ2) is 9.49. The zero-order valence-electron chi connectivity index (χ0n) is 17.6. The normalized spacial score (nSPS) is 13.8. The van der Waals surface area contributed by atoms with Gasteiger partial charge in [-0.2, -0.15) is 0 Å². The molecular weight excluding hydrogens is 404 g/mol. The molecule has 30 heavy (non-hydrogen) atoms. The molecule has 1 amide bonds. The van der Waals surface area contributed by atoms with Crippen molar-refractivity contribution in [3.8, 4) is 5.75 Å². The highest BCUT2D eigenvalue weighted by Gasteiger charge is 2.23. The van der Waals surface area contributed by atoms with Gasteiger partial charge in [-0.1, -0.05) is 13.8 Å². The molecule has 2 aromatic carbocycles. The molecule has 0 saturated heterocycles. The summed E-state index contributed by atoms with van der Waals surface area (Å²) in [4.78, 5) is 14.1. The molecule has 1 aliphatic rings. The molecule has 3 rings (SSSR count). The van der Waals surface area contributed by atoms with Gasteiger partial charge in [0.25, 0.3) is 15.9 Å². The van der Waals surface area contributed by atoms with E-state index in [9.17, 15) is 13.2 Å². The lowest BCUT2D eigenvalue weighted by molar-refractivity contribution is -0.122. The van der Waals surface area contributed by atoms with Crippen LogP contribution in [0.5, 0.6) is 5.75 Å². The van der Waals surface area contributed by atoms with Crippen molar-refractivity contribution in [3.05, 3.63) is 48.0 Å². The van der Waals surface area contributed by atoms with Gasteiger partial charge in [-0.3, -0.25) is 9.52 Å². The Morgan fingerprint density at radius 3 is 2.57 bits per heavy atom. The first-order chi connectivity index (χ1) is 14.3.